The first-order chi connectivity index (χ1) is 13.8. The summed E-state index contributed by atoms with van der Waals surface area (Å²) in [6, 6.07) is 8.43. The molecule has 1 atom stereocenters. The summed E-state index contributed by atoms with van der Waals surface area (Å²) < 4.78 is 19.4. The van der Waals surface area contributed by atoms with E-state index in [4.69, 9.17) is 10.5 Å². The van der Waals surface area contributed by atoms with Crippen molar-refractivity contribution >= 4 is 17.5 Å². The second-order valence-electron chi connectivity index (χ2n) is 7.98. The summed E-state index contributed by atoms with van der Waals surface area (Å²) in [7, 11) is 2.01. The first-order valence-corrected chi connectivity index (χ1v) is 9.88. The Balaban J connectivity index is 1.38. The Labute approximate surface area is 169 Å². The summed E-state index contributed by atoms with van der Waals surface area (Å²) in [6.07, 6.45) is 2.46. The van der Waals surface area contributed by atoms with E-state index >= 15 is 0 Å². The molecule has 154 valence electrons. The second kappa shape index (κ2) is 7.59. The zero-order valence-electron chi connectivity index (χ0n) is 16.8. The minimum atomic E-state index is -0.237. The van der Waals surface area contributed by atoms with Crippen LogP contribution in [0.4, 0.5) is 16.0 Å². The van der Waals surface area contributed by atoms with Crippen LogP contribution in [0.15, 0.2) is 30.3 Å². The molecule has 0 bridgehead atoms. The van der Waals surface area contributed by atoms with Gasteiger partial charge < -0.3 is 20.3 Å². The van der Waals surface area contributed by atoms with E-state index < -0.39 is 0 Å². The number of likely N-dealkylation sites (tertiary alicyclic amines) is 1. The SMILES string of the molecule is Cc1cc(C(=O)N2CCC3(CC2)CC(N(C)c2ccc(F)cc2)CO3)nc(N)n1. The van der Waals surface area contributed by atoms with Gasteiger partial charge in [0.25, 0.3) is 5.91 Å². The van der Waals surface area contributed by atoms with Crippen molar-refractivity contribution in [2.45, 2.75) is 37.8 Å². The molecule has 2 aromatic rings. The highest BCUT2D eigenvalue weighted by Crippen LogP contribution is 2.38. The van der Waals surface area contributed by atoms with Crippen LogP contribution in [-0.4, -0.2) is 59.2 Å². The molecule has 0 saturated carbocycles. The van der Waals surface area contributed by atoms with Gasteiger partial charge in [0.1, 0.15) is 11.5 Å². The van der Waals surface area contributed by atoms with E-state index in [9.17, 15) is 9.18 Å². The Morgan fingerprint density at radius 2 is 1.97 bits per heavy atom. The van der Waals surface area contributed by atoms with Crippen molar-refractivity contribution in [2.24, 2.45) is 0 Å². The van der Waals surface area contributed by atoms with E-state index in [1.807, 2.05) is 11.9 Å². The zero-order chi connectivity index (χ0) is 20.6. The van der Waals surface area contributed by atoms with E-state index in [-0.39, 0.29) is 29.3 Å². The summed E-state index contributed by atoms with van der Waals surface area (Å²) in [5, 5.41) is 0. The number of hydrogen-bond donors (Lipinski definition) is 1. The number of piperidine rings is 1. The monoisotopic (exact) mass is 399 g/mol. The van der Waals surface area contributed by atoms with Crippen LogP contribution in [0.1, 0.15) is 35.4 Å². The number of aromatic nitrogens is 2. The molecule has 1 amide bonds. The van der Waals surface area contributed by atoms with Gasteiger partial charge in [0.05, 0.1) is 18.2 Å². The number of anilines is 2. The van der Waals surface area contributed by atoms with E-state index in [1.165, 1.54) is 12.1 Å². The number of aryl methyl sites for hydroxylation is 1. The maximum atomic E-state index is 13.2. The van der Waals surface area contributed by atoms with Crippen molar-refractivity contribution in [2.75, 3.05) is 37.4 Å². The molecule has 1 aromatic carbocycles. The Bertz CT molecular complexity index is 876. The van der Waals surface area contributed by atoms with Crippen molar-refractivity contribution in [3.05, 3.63) is 47.5 Å². The molecule has 2 aliphatic heterocycles. The maximum Gasteiger partial charge on any atom is 0.272 e. The van der Waals surface area contributed by atoms with Gasteiger partial charge in [-0.25, -0.2) is 14.4 Å². The first-order valence-electron chi connectivity index (χ1n) is 9.88. The lowest BCUT2D eigenvalue weighted by molar-refractivity contribution is -0.0389. The number of nitrogens with two attached hydrogens (primary N) is 1. The highest BCUT2D eigenvalue weighted by molar-refractivity contribution is 5.92. The summed E-state index contributed by atoms with van der Waals surface area (Å²) in [6.45, 7) is 3.66. The molecule has 8 heteroatoms. The van der Waals surface area contributed by atoms with Crippen LogP contribution in [0, 0.1) is 12.7 Å². The topological polar surface area (TPSA) is 84.6 Å². The molecule has 0 aliphatic carbocycles. The van der Waals surface area contributed by atoms with Gasteiger partial charge in [0.15, 0.2) is 0 Å². The molecule has 3 heterocycles. The Morgan fingerprint density at radius 3 is 2.62 bits per heavy atom. The van der Waals surface area contributed by atoms with Crippen molar-refractivity contribution < 1.29 is 13.9 Å². The number of carbonyl (C=O) groups excluding carboxylic acids is 1. The summed E-state index contributed by atoms with van der Waals surface area (Å²) in [4.78, 5) is 24.9. The largest absolute Gasteiger partial charge is 0.373 e. The first kappa shape index (κ1) is 19.6. The molecule has 2 N–H and O–H groups in total. The Hall–Kier alpha value is -2.74. The molecule has 29 heavy (non-hydrogen) atoms. The number of amides is 1. The van der Waals surface area contributed by atoms with Crippen LogP contribution in [0.3, 0.4) is 0 Å². The van der Waals surface area contributed by atoms with Gasteiger partial charge in [-0.3, -0.25) is 4.79 Å². The lowest BCUT2D eigenvalue weighted by Gasteiger charge is -2.39. The minimum absolute atomic E-state index is 0.116. The van der Waals surface area contributed by atoms with Crippen molar-refractivity contribution in [3.63, 3.8) is 0 Å². The minimum Gasteiger partial charge on any atom is -0.373 e. The molecule has 4 rings (SSSR count). The third kappa shape index (κ3) is 4.03. The number of benzene rings is 1. The number of likely N-dealkylation sites (N-methyl/N-ethyl adjacent to an activating group) is 1. The average molecular weight is 399 g/mol. The van der Waals surface area contributed by atoms with Crippen LogP contribution in [0.5, 0.6) is 0 Å². The van der Waals surface area contributed by atoms with Gasteiger partial charge >= 0.3 is 0 Å². The number of nitrogen functional groups attached to an aromatic ring is 1. The zero-order valence-corrected chi connectivity index (χ0v) is 16.8. The molecule has 1 spiro atoms. The standard InChI is InChI=1S/C21H26FN5O2/c1-14-11-18(25-20(23)24-14)19(28)27-9-7-21(8-10-27)12-17(13-29-21)26(2)16-5-3-15(22)4-6-16/h3-6,11,17H,7-10,12-13H2,1-2H3,(H2,23,24,25). The van der Waals surface area contributed by atoms with Crippen LogP contribution in [-0.2, 0) is 4.74 Å². The molecule has 1 aromatic heterocycles. The van der Waals surface area contributed by atoms with Gasteiger partial charge in [0.2, 0.25) is 5.95 Å². The van der Waals surface area contributed by atoms with Gasteiger partial charge in [-0.05, 0) is 56.5 Å². The van der Waals surface area contributed by atoms with E-state index in [0.717, 1.165) is 24.9 Å². The Morgan fingerprint density at radius 1 is 1.28 bits per heavy atom. The van der Waals surface area contributed by atoms with Crippen LogP contribution in [0.25, 0.3) is 0 Å². The van der Waals surface area contributed by atoms with Gasteiger partial charge in [0, 0.05) is 31.5 Å². The molecule has 2 saturated heterocycles. The van der Waals surface area contributed by atoms with Gasteiger partial charge in [-0.2, -0.15) is 0 Å². The summed E-state index contributed by atoms with van der Waals surface area (Å²) >= 11 is 0. The normalized spacial score (nSPS) is 20.8. The number of nitrogens with zero attached hydrogens (tertiary/aromatic N) is 4. The fourth-order valence-electron chi connectivity index (χ4n) is 4.28. The van der Waals surface area contributed by atoms with Crippen LogP contribution in [0.2, 0.25) is 0 Å². The highest BCUT2D eigenvalue weighted by Gasteiger charge is 2.44. The predicted octanol–water partition coefficient (Wildman–Crippen LogP) is 2.41. The van der Waals surface area contributed by atoms with Crippen molar-refractivity contribution in [1.82, 2.24) is 14.9 Å². The lowest BCUT2D eigenvalue weighted by Crippen LogP contribution is -2.47. The molecule has 2 aliphatic rings. The lowest BCUT2D eigenvalue weighted by atomic mass is 9.87. The fourth-order valence-corrected chi connectivity index (χ4v) is 4.28. The highest BCUT2D eigenvalue weighted by atomic mass is 19.1. The summed E-state index contributed by atoms with van der Waals surface area (Å²) in [5.74, 6) is -0.235. The number of carbonyl (C=O) groups is 1. The Kier molecular flexibility index (Phi) is 5.12. The third-order valence-electron chi connectivity index (χ3n) is 6.02. The van der Waals surface area contributed by atoms with Gasteiger partial charge in [-0.15, -0.1) is 0 Å². The second-order valence-corrected chi connectivity index (χ2v) is 7.98. The smallest absolute Gasteiger partial charge is 0.272 e. The quantitative estimate of drug-likeness (QED) is 0.853. The summed E-state index contributed by atoms with van der Waals surface area (Å²) in [5.41, 5.74) is 7.46. The number of ether oxygens (including phenoxy) is 1. The fraction of sp³-hybridized carbons (Fsp3) is 0.476. The number of hydrogen-bond acceptors (Lipinski definition) is 6. The molecular formula is C21H26FN5O2. The van der Waals surface area contributed by atoms with Crippen LogP contribution < -0.4 is 10.6 Å². The third-order valence-corrected chi connectivity index (χ3v) is 6.02. The van der Waals surface area contributed by atoms with Crippen molar-refractivity contribution in [1.29, 1.82) is 0 Å². The van der Waals surface area contributed by atoms with E-state index in [2.05, 4.69) is 14.9 Å². The van der Waals surface area contributed by atoms with Gasteiger partial charge in [-0.1, -0.05) is 0 Å². The molecular weight excluding hydrogens is 373 g/mol. The number of halogens is 1. The molecule has 0 radical (unpaired) electrons. The van der Waals surface area contributed by atoms with E-state index in [0.29, 0.717) is 31.1 Å². The van der Waals surface area contributed by atoms with E-state index in [1.54, 1.807) is 25.1 Å². The van der Waals surface area contributed by atoms with Crippen molar-refractivity contribution in [3.8, 4) is 0 Å². The number of rotatable bonds is 3. The molecule has 2 fully saturated rings. The molecule has 7 nitrogen and oxygen atoms in total. The van der Waals surface area contributed by atoms with Crippen LogP contribution >= 0.6 is 0 Å². The molecule has 1 unspecified atom stereocenters. The average Bonchev–Trinajstić information content (AvgIpc) is 3.11. The predicted molar refractivity (Wildman–Crippen MR) is 108 cm³/mol. The maximum absolute atomic E-state index is 13.2.